The summed E-state index contributed by atoms with van der Waals surface area (Å²) in [6.07, 6.45) is 6.59. The van der Waals surface area contributed by atoms with E-state index in [2.05, 4.69) is 15.1 Å². The van der Waals surface area contributed by atoms with E-state index >= 15 is 0 Å². The summed E-state index contributed by atoms with van der Waals surface area (Å²) in [6, 6.07) is 3.04. The van der Waals surface area contributed by atoms with Crippen LogP contribution in [0.3, 0.4) is 0 Å². The van der Waals surface area contributed by atoms with E-state index in [0.29, 0.717) is 35.9 Å². The minimum absolute atomic E-state index is 0.158. The van der Waals surface area contributed by atoms with E-state index in [1.807, 2.05) is 6.92 Å². The molecule has 1 saturated heterocycles. The fourth-order valence-electron chi connectivity index (χ4n) is 3.35. The van der Waals surface area contributed by atoms with Crippen molar-refractivity contribution in [3.63, 3.8) is 0 Å². The molecule has 25 heavy (non-hydrogen) atoms. The van der Waals surface area contributed by atoms with Gasteiger partial charge in [0.25, 0.3) is 11.5 Å². The van der Waals surface area contributed by atoms with Crippen LogP contribution in [0.25, 0.3) is 5.78 Å². The Bertz CT molecular complexity index is 970. The molecular weight excluding hydrogens is 322 g/mol. The predicted molar refractivity (Wildman–Crippen MR) is 89.3 cm³/mol. The van der Waals surface area contributed by atoms with Crippen molar-refractivity contribution in [3.05, 3.63) is 52.0 Å². The van der Waals surface area contributed by atoms with Gasteiger partial charge in [0.1, 0.15) is 5.76 Å². The Kier molecular flexibility index (Phi) is 3.87. The number of nitrogens with one attached hydrogen (secondary N) is 1. The van der Waals surface area contributed by atoms with Crippen molar-refractivity contribution in [2.75, 3.05) is 6.54 Å². The first kappa shape index (κ1) is 15.6. The Hall–Kier alpha value is -2.90. The molecule has 1 fully saturated rings. The molecular formula is C17H19N5O3. The number of amides is 1. The molecule has 3 aromatic rings. The number of carbonyl (C=O) groups is 1. The lowest BCUT2D eigenvalue weighted by Crippen LogP contribution is -2.39. The first-order valence-corrected chi connectivity index (χ1v) is 8.50. The van der Waals surface area contributed by atoms with Crippen LogP contribution in [-0.4, -0.2) is 36.9 Å². The highest BCUT2D eigenvalue weighted by Gasteiger charge is 2.31. The monoisotopic (exact) mass is 341 g/mol. The second kappa shape index (κ2) is 6.19. The second-order valence-corrected chi connectivity index (χ2v) is 6.23. The number of likely N-dealkylation sites (tertiary alicyclic amines) is 1. The molecule has 0 aromatic carbocycles. The molecule has 0 radical (unpaired) electrons. The average Bonchev–Trinajstić information content (AvgIpc) is 3.30. The number of piperidine rings is 1. The molecule has 0 saturated carbocycles. The number of hydrogen-bond acceptors (Lipinski definition) is 5. The summed E-state index contributed by atoms with van der Waals surface area (Å²) in [6.45, 7) is 2.57. The molecule has 0 unspecified atom stereocenters. The number of aromatic nitrogens is 4. The molecule has 1 atom stereocenters. The maximum atomic E-state index is 12.9. The fraction of sp³-hybridized carbons (Fsp3) is 0.412. The molecule has 4 heterocycles. The topological polar surface area (TPSA) is 96.5 Å². The van der Waals surface area contributed by atoms with Crippen molar-refractivity contribution in [2.45, 2.75) is 38.6 Å². The van der Waals surface area contributed by atoms with Crippen LogP contribution < -0.4 is 5.56 Å². The van der Waals surface area contributed by atoms with E-state index in [4.69, 9.17) is 4.52 Å². The maximum absolute atomic E-state index is 12.9. The van der Waals surface area contributed by atoms with Gasteiger partial charge in [0, 0.05) is 43.2 Å². The summed E-state index contributed by atoms with van der Waals surface area (Å²) < 4.78 is 6.61. The van der Waals surface area contributed by atoms with Gasteiger partial charge in [0.05, 0.1) is 6.04 Å². The highest BCUT2D eigenvalue weighted by molar-refractivity contribution is 5.92. The lowest BCUT2D eigenvalue weighted by atomic mass is 9.98. The largest absolute Gasteiger partial charge is 0.361 e. The van der Waals surface area contributed by atoms with Crippen molar-refractivity contribution >= 4 is 11.7 Å². The molecule has 1 N–H and O–H groups in total. The highest BCUT2D eigenvalue weighted by Crippen LogP contribution is 2.30. The molecule has 8 heteroatoms. The first-order valence-electron chi connectivity index (χ1n) is 8.50. The minimum atomic E-state index is -0.197. The number of H-pyrrole nitrogens is 1. The molecule has 1 amide bonds. The van der Waals surface area contributed by atoms with Gasteiger partial charge in [0.2, 0.25) is 5.78 Å². The van der Waals surface area contributed by atoms with Crippen LogP contribution in [0, 0.1) is 0 Å². The Morgan fingerprint density at radius 2 is 2.28 bits per heavy atom. The quantitative estimate of drug-likeness (QED) is 0.785. The third-order valence-corrected chi connectivity index (χ3v) is 4.66. The van der Waals surface area contributed by atoms with Crippen LogP contribution in [0.2, 0.25) is 0 Å². The summed E-state index contributed by atoms with van der Waals surface area (Å²) in [5.41, 5.74) is 0.859. The number of carbonyl (C=O) groups excluding carboxylic acids is 1. The van der Waals surface area contributed by atoms with Gasteiger partial charge >= 0.3 is 0 Å². The zero-order chi connectivity index (χ0) is 17.4. The average molecular weight is 341 g/mol. The lowest BCUT2D eigenvalue weighted by molar-refractivity contribution is 0.0595. The van der Waals surface area contributed by atoms with Crippen molar-refractivity contribution < 1.29 is 9.32 Å². The van der Waals surface area contributed by atoms with Crippen LogP contribution in [0.15, 0.2) is 33.8 Å². The molecule has 4 rings (SSSR count). The molecule has 1 aliphatic rings. The van der Waals surface area contributed by atoms with Gasteiger partial charge in [0.15, 0.2) is 5.69 Å². The van der Waals surface area contributed by atoms with Crippen molar-refractivity contribution in [1.82, 2.24) is 24.4 Å². The molecule has 0 bridgehead atoms. The summed E-state index contributed by atoms with van der Waals surface area (Å²) in [4.78, 5) is 34.3. The van der Waals surface area contributed by atoms with Crippen LogP contribution in [0.4, 0.5) is 0 Å². The Morgan fingerprint density at radius 1 is 1.40 bits per heavy atom. The molecule has 3 aromatic heterocycles. The maximum Gasteiger partial charge on any atom is 0.276 e. The number of hydrogen-bond donors (Lipinski definition) is 1. The first-order chi connectivity index (χ1) is 12.2. The molecule has 0 aliphatic carbocycles. The zero-order valence-electron chi connectivity index (χ0n) is 13.9. The molecule has 1 aliphatic heterocycles. The second-order valence-electron chi connectivity index (χ2n) is 6.23. The van der Waals surface area contributed by atoms with Crippen LogP contribution in [0.5, 0.6) is 0 Å². The van der Waals surface area contributed by atoms with Gasteiger partial charge < -0.3 is 14.4 Å². The van der Waals surface area contributed by atoms with Crippen LogP contribution in [0.1, 0.15) is 54.2 Å². The van der Waals surface area contributed by atoms with E-state index in [-0.39, 0.29) is 17.5 Å². The van der Waals surface area contributed by atoms with Crippen molar-refractivity contribution in [2.24, 2.45) is 0 Å². The van der Waals surface area contributed by atoms with E-state index in [0.717, 1.165) is 19.3 Å². The predicted octanol–water partition coefficient (Wildman–Crippen LogP) is 1.94. The number of rotatable bonds is 3. The van der Waals surface area contributed by atoms with E-state index < -0.39 is 0 Å². The lowest BCUT2D eigenvalue weighted by Gasteiger charge is -2.35. The van der Waals surface area contributed by atoms with E-state index in [9.17, 15) is 9.59 Å². The van der Waals surface area contributed by atoms with Gasteiger partial charge in [-0.25, -0.2) is 4.98 Å². The SMILES string of the molecule is CCc1cc(C(=O)N2CCCC[C@H]2c2cc(=O)n3ccnc3[nH]2)no1. The number of aryl methyl sites for hydroxylation is 1. The fourth-order valence-corrected chi connectivity index (χ4v) is 3.35. The van der Waals surface area contributed by atoms with Crippen molar-refractivity contribution in [3.8, 4) is 0 Å². The standard InChI is InChI=1S/C17H19N5O3/c1-2-11-9-13(20-25-11)16(24)21-7-4-3-5-14(21)12-10-15(23)22-8-6-18-17(22)19-12/h6,8-10,14H,2-5,7H2,1H3,(H,18,19)/t14-/m0/s1. The number of aromatic amines is 1. The van der Waals surface area contributed by atoms with Crippen molar-refractivity contribution in [1.29, 1.82) is 0 Å². The summed E-state index contributed by atoms with van der Waals surface area (Å²) in [5.74, 6) is 0.997. The Balaban J connectivity index is 1.70. The van der Waals surface area contributed by atoms with Gasteiger partial charge in [-0.1, -0.05) is 12.1 Å². The third-order valence-electron chi connectivity index (χ3n) is 4.66. The number of fused-ring (bicyclic) bond motifs is 1. The molecule has 0 spiro atoms. The highest BCUT2D eigenvalue weighted by atomic mass is 16.5. The number of imidazole rings is 1. The van der Waals surface area contributed by atoms with Gasteiger partial charge in [-0.15, -0.1) is 0 Å². The zero-order valence-corrected chi connectivity index (χ0v) is 13.9. The summed E-state index contributed by atoms with van der Waals surface area (Å²) in [5, 5.41) is 3.89. The van der Waals surface area contributed by atoms with Gasteiger partial charge in [-0.05, 0) is 19.3 Å². The third kappa shape index (κ3) is 2.73. The number of nitrogens with zero attached hydrogens (tertiary/aromatic N) is 4. The van der Waals surface area contributed by atoms with Gasteiger partial charge in [-0.3, -0.25) is 14.0 Å². The Labute approximate surface area is 143 Å². The molecule has 8 nitrogen and oxygen atoms in total. The summed E-state index contributed by atoms with van der Waals surface area (Å²) >= 11 is 0. The minimum Gasteiger partial charge on any atom is -0.361 e. The summed E-state index contributed by atoms with van der Waals surface area (Å²) in [7, 11) is 0. The smallest absolute Gasteiger partial charge is 0.276 e. The Morgan fingerprint density at radius 3 is 3.08 bits per heavy atom. The van der Waals surface area contributed by atoms with Crippen LogP contribution in [-0.2, 0) is 6.42 Å². The van der Waals surface area contributed by atoms with E-state index in [1.165, 1.54) is 4.40 Å². The van der Waals surface area contributed by atoms with Gasteiger partial charge in [-0.2, -0.15) is 0 Å². The van der Waals surface area contributed by atoms with E-state index in [1.54, 1.807) is 29.4 Å². The normalized spacial score (nSPS) is 18.0. The molecule has 130 valence electrons. The van der Waals surface area contributed by atoms with Crippen LogP contribution >= 0.6 is 0 Å².